The second kappa shape index (κ2) is 5.79. The SMILES string of the molecule is Cc1ccc([N+](=O)[O-])cc1NC(=O)CC1CCNC1. The van der Waals surface area contributed by atoms with Crippen molar-refractivity contribution in [1.82, 2.24) is 5.32 Å². The van der Waals surface area contributed by atoms with Gasteiger partial charge in [-0.15, -0.1) is 0 Å². The Labute approximate surface area is 111 Å². The number of aryl methyl sites for hydroxylation is 1. The summed E-state index contributed by atoms with van der Waals surface area (Å²) >= 11 is 0. The van der Waals surface area contributed by atoms with Crippen molar-refractivity contribution in [1.29, 1.82) is 0 Å². The van der Waals surface area contributed by atoms with Crippen LogP contribution in [0.1, 0.15) is 18.4 Å². The van der Waals surface area contributed by atoms with E-state index in [-0.39, 0.29) is 11.6 Å². The van der Waals surface area contributed by atoms with Gasteiger partial charge in [-0.1, -0.05) is 6.07 Å². The molecule has 1 aromatic rings. The minimum atomic E-state index is -0.462. The highest BCUT2D eigenvalue weighted by Crippen LogP contribution is 2.22. The Morgan fingerprint density at radius 3 is 3.00 bits per heavy atom. The number of nitro groups is 1. The van der Waals surface area contributed by atoms with E-state index in [1.54, 1.807) is 6.07 Å². The van der Waals surface area contributed by atoms with Gasteiger partial charge < -0.3 is 10.6 Å². The summed E-state index contributed by atoms with van der Waals surface area (Å²) in [7, 11) is 0. The smallest absolute Gasteiger partial charge is 0.271 e. The van der Waals surface area contributed by atoms with Crippen molar-refractivity contribution in [2.75, 3.05) is 18.4 Å². The standard InChI is InChI=1S/C13H17N3O3/c1-9-2-3-11(16(18)19)7-12(9)15-13(17)6-10-4-5-14-8-10/h2-3,7,10,14H,4-6,8H2,1H3,(H,15,17). The van der Waals surface area contributed by atoms with Crippen molar-refractivity contribution in [3.05, 3.63) is 33.9 Å². The quantitative estimate of drug-likeness (QED) is 0.641. The van der Waals surface area contributed by atoms with Gasteiger partial charge in [0.2, 0.25) is 5.91 Å². The number of nitrogens with zero attached hydrogens (tertiary/aromatic N) is 1. The van der Waals surface area contributed by atoms with Crippen LogP contribution in [0, 0.1) is 23.0 Å². The molecule has 1 saturated heterocycles. The van der Waals surface area contributed by atoms with Gasteiger partial charge in [-0.2, -0.15) is 0 Å². The number of hydrogen-bond acceptors (Lipinski definition) is 4. The number of nitro benzene ring substituents is 1. The Balaban J connectivity index is 2.02. The van der Waals surface area contributed by atoms with Crippen LogP contribution < -0.4 is 10.6 Å². The first-order chi connectivity index (χ1) is 9.06. The molecule has 1 fully saturated rings. The maximum Gasteiger partial charge on any atom is 0.271 e. The molecule has 0 spiro atoms. The van der Waals surface area contributed by atoms with E-state index in [9.17, 15) is 14.9 Å². The third kappa shape index (κ3) is 3.51. The van der Waals surface area contributed by atoms with Crippen molar-refractivity contribution >= 4 is 17.3 Å². The monoisotopic (exact) mass is 263 g/mol. The van der Waals surface area contributed by atoms with Crippen LogP contribution in [-0.2, 0) is 4.79 Å². The van der Waals surface area contributed by atoms with E-state index in [1.165, 1.54) is 12.1 Å². The van der Waals surface area contributed by atoms with Crippen LogP contribution >= 0.6 is 0 Å². The Morgan fingerprint density at radius 2 is 2.37 bits per heavy atom. The van der Waals surface area contributed by atoms with Gasteiger partial charge in [-0.05, 0) is 37.9 Å². The summed E-state index contributed by atoms with van der Waals surface area (Å²) in [5, 5.41) is 16.7. The lowest BCUT2D eigenvalue weighted by atomic mass is 10.0. The molecule has 6 heteroatoms. The minimum Gasteiger partial charge on any atom is -0.326 e. The number of anilines is 1. The average Bonchev–Trinajstić information content (AvgIpc) is 2.84. The molecule has 0 bridgehead atoms. The molecule has 0 aliphatic carbocycles. The predicted octanol–water partition coefficient (Wildman–Crippen LogP) is 1.84. The lowest BCUT2D eigenvalue weighted by molar-refractivity contribution is -0.384. The van der Waals surface area contributed by atoms with Gasteiger partial charge in [0.1, 0.15) is 0 Å². The fraction of sp³-hybridized carbons (Fsp3) is 0.462. The molecule has 19 heavy (non-hydrogen) atoms. The first-order valence-corrected chi connectivity index (χ1v) is 6.32. The van der Waals surface area contributed by atoms with Crippen LogP contribution in [0.15, 0.2) is 18.2 Å². The Kier molecular flexibility index (Phi) is 4.11. The van der Waals surface area contributed by atoms with Gasteiger partial charge in [0.05, 0.1) is 10.6 Å². The zero-order valence-corrected chi connectivity index (χ0v) is 10.8. The maximum absolute atomic E-state index is 11.9. The Morgan fingerprint density at radius 1 is 1.58 bits per heavy atom. The van der Waals surface area contributed by atoms with Crippen LogP contribution in [0.2, 0.25) is 0 Å². The lowest BCUT2D eigenvalue weighted by Crippen LogP contribution is -2.18. The van der Waals surface area contributed by atoms with E-state index >= 15 is 0 Å². The zero-order chi connectivity index (χ0) is 13.8. The summed E-state index contributed by atoms with van der Waals surface area (Å²) in [6.45, 7) is 3.63. The van der Waals surface area contributed by atoms with Crippen molar-refractivity contribution in [3.8, 4) is 0 Å². The number of amides is 1. The minimum absolute atomic E-state index is 0.0107. The third-order valence-corrected chi connectivity index (χ3v) is 3.34. The molecule has 0 saturated carbocycles. The van der Waals surface area contributed by atoms with Crippen molar-refractivity contribution in [2.24, 2.45) is 5.92 Å². The molecule has 2 rings (SSSR count). The normalized spacial score (nSPS) is 18.3. The van der Waals surface area contributed by atoms with Gasteiger partial charge in [0, 0.05) is 18.6 Å². The van der Waals surface area contributed by atoms with E-state index in [0.717, 1.165) is 25.1 Å². The number of hydrogen-bond donors (Lipinski definition) is 2. The van der Waals surface area contributed by atoms with Crippen molar-refractivity contribution in [2.45, 2.75) is 19.8 Å². The number of carbonyl (C=O) groups excluding carboxylic acids is 1. The van der Waals surface area contributed by atoms with Gasteiger partial charge in [0.25, 0.3) is 5.69 Å². The summed E-state index contributed by atoms with van der Waals surface area (Å²) in [6, 6.07) is 4.48. The summed E-state index contributed by atoms with van der Waals surface area (Å²) in [5.41, 5.74) is 1.33. The molecule has 2 N–H and O–H groups in total. The van der Waals surface area contributed by atoms with E-state index < -0.39 is 4.92 Å². The predicted molar refractivity (Wildman–Crippen MR) is 72.1 cm³/mol. The van der Waals surface area contributed by atoms with E-state index in [1.807, 2.05) is 6.92 Å². The molecule has 1 atom stereocenters. The van der Waals surface area contributed by atoms with Gasteiger partial charge in [0.15, 0.2) is 0 Å². The molecule has 6 nitrogen and oxygen atoms in total. The van der Waals surface area contributed by atoms with Crippen LogP contribution in [0.25, 0.3) is 0 Å². The topological polar surface area (TPSA) is 84.3 Å². The van der Waals surface area contributed by atoms with Gasteiger partial charge in [-0.25, -0.2) is 0 Å². The third-order valence-electron chi connectivity index (χ3n) is 3.34. The molecule has 1 unspecified atom stereocenters. The molecule has 1 heterocycles. The summed E-state index contributed by atoms with van der Waals surface area (Å²) in [6.07, 6.45) is 1.45. The fourth-order valence-corrected chi connectivity index (χ4v) is 2.21. The summed E-state index contributed by atoms with van der Waals surface area (Å²) < 4.78 is 0. The number of non-ortho nitro benzene ring substituents is 1. The maximum atomic E-state index is 11.9. The highest BCUT2D eigenvalue weighted by Gasteiger charge is 2.19. The molecular weight excluding hydrogens is 246 g/mol. The molecular formula is C13H17N3O3. The number of carbonyl (C=O) groups is 1. The van der Waals surface area contributed by atoms with Crippen LogP contribution in [-0.4, -0.2) is 23.9 Å². The highest BCUT2D eigenvalue weighted by atomic mass is 16.6. The van der Waals surface area contributed by atoms with Crippen LogP contribution in [0.4, 0.5) is 11.4 Å². The van der Waals surface area contributed by atoms with E-state index in [4.69, 9.17) is 0 Å². The number of benzene rings is 1. The molecule has 1 aliphatic heterocycles. The molecule has 0 aromatic heterocycles. The number of nitrogens with one attached hydrogen (secondary N) is 2. The van der Waals surface area contributed by atoms with Crippen molar-refractivity contribution in [3.63, 3.8) is 0 Å². The first-order valence-electron chi connectivity index (χ1n) is 6.32. The molecule has 0 radical (unpaired) electrons. The second-order valence-electron chi connectivity index (χ2n) is 4.87. The largest absolute Gasteiger partial charge is 0.326 e. The Bertz CT molecular complexity index is 496. The van der Waals surface area contributed by atoms with E-state index in [2.05, 4.69) is 10.6 Å². The summed E-state index contributed by atoms with van der Waals surface area (Å²) in [5.74, 6) is 0.274. The molecule has 1 aromatic carbocycles. The second-order valence-corrected chi connectivity index (χ2v) is 4.87. The molecule has 1 amide bonds. The summed E-state index contributed by atoms with van der Waals surface area (Å²) in [4.78, 5) is 22.1. The average molecular weight is 263 g/mol. The van der Waals surface area contributed by atoms with Crippen molar-refractivity contribution < 1.29 is 9.72 Å². The van der Waals surface area contributed by atoms with Gasteiger partial charge >= 0.3 is 0 Å². The van der Waals surface area contributed by atoms with Crippen LogP contribution in [0.3, 0.4) is 0 Å². The lowest BCUT2D eigenvalue weighted by Gasteiger charge is -2.11. The Hall–Kier alpha value is -1.95. The first kappa shape index (κ1) is 13.5. The number of rotatable bonds is 4. The fourth-order valence-electron chi connectivity index (χ4n) is 2.21. The highest BCUT2D eigenvalue weighted by molar-refractivity contribution is 5.92. The molecule has 1 aliphatic rings. The molecule has 102 valence electrons. The van der Waals surface area contributed by atoms with E-state index in [0.29, 0.717) is 18.0 Å². The van der Waals surface area contributed by atoms with Gasteiger partial charge in [-0.3, -0.25) is 14.9 Å². The zero-order valence-electron chi connectivity index (χ0n) is 10.8. The van der Waals surface area contributed by atoms with Crippen LogP contribution in [0.5, 0.6) is 0 Å².